The largest absolute Gasteiger partial charge is 1.00 e. The van der Waals surface area contributed by atoms with Crippen molar-refractivity contribution >= 4 is 55.9 Å². The third kappa shape index (κ3) is 43.6. The number of quaternary nitrogens is 1. The lowest BCUT2D eigenvalue weighted by Crippen LogP contribution is -3.00. The second kappa shape index (κ2) is 56.5. The van der Waals surface area contributed by atoms with E-state index in [0.29, 0.717) is 45.1 Å². The van der Waals surface area contributed by atoms with Crippen LogP contribution in [0.5, 0.6) is 0 Å². The van der Waals surface area contributed by atoms with Crippen LogP contribution in [0.15, 0.2) is 121 Å². The molecule has 0 saturated carbocycles. The molecule has 0 spiro atoms. The number of halogens is 1. The van der Waals surface area contributed by atoms with Gasteiger partial charge in [-0.1, -0.05) is 171 Å². The average Bonchev–Trinajstić information content (AvgIpc) is 3.70. The molecule has 0 aliphatic carbocycles. The van der Waals surface area contributed by atoms with Gasteiger partial charge in [-0.25, -0.2) is 0 Å². The SMILES string of the molecule is C.C.C.C.C.COC(=O)[C@@H](N)CCCCNB(C)O.COC(=O)[C@H](CCCCNB(C)O)N(CC(=O)OCc1ccccc1)CC(=O)OCc1ccccc1.COC(=O)[C@H](CCCC[NH3+])N(CC(=O)OCc1ccccc1)CC(=O)OCc1ccccc1.[Cl-]. The van der Waals surface area contributed by atoms with E-state index in [1.54, 1.807) is 13.6 Å². The molecule has 0 amide bonds. The molecule has 89 heavy (non-hydrogen) atoms. The quantitative estimate of drug-likeness (QED) is 0.0163. The van der Waals surface area contributed by atoms with Gasteiger partial charge in [0.15, 0.2) is 0 Å². The number of nitrogens with two attached hydrogens (primary N) is 1. The van der Waals surface area contributed by atoms with Gasteiger partial charge in [-0.3, -0.25) is 43.4 Å². The molecule has 502 valence electrons. The number of esters is 7. The number of hydrogen-bond acceptors (Lipinski definition) is 21. The van der Waals surface area contributed by atoms with Crippen LogP contribution in [0.4, 0.5) is 0 Å². The Bertz CT molecular complexity index is 2320. The van der Waals surface area contributed by atoms with Crippen molar-refractivity contribution in [2.45, 2.75) is 153 Å². The Morgan fingerprint density at radius 2 is 0.708 bits per heavy atom. The number of hydrogen-bond donors (Lipinski definition) is 6. The van der Waals surface area contributed by atoms with E-state index in [-0.39, 0.29) is 108 Å². The standard InChI is InChI=1S/C26H35BN2O7.C25H32N2O6.C8H19BN2O3.5CH4.ClH/c1-27(33)28-16-10-9-15-23(26(32)34-2)29(17-24(30)35-19-21-11-5-3-6-12-21)18-25(31)36-20-22-13-7-4-8-14-22;1-31-25(30)22(14-8-9-15-26)27(16-23(28)32-18-20-10-4-2-5-11-20)17-24(29)33-19-21-12-6-3-7-13-21;1-9(13)11-6-4-3-5-7(10)8(12)14-2;;;;;;/h3-8,11-14,23,28,33H,9-10,15-20H2,1-2H3;2-7,10-13,22H,8-9,14-19,26H2,1H3;7,11,13H,3-6,10H2,1-2H3;5*1H4;1H/t23-;22-;7-;;;;;;/m000....../s1. The number of carbonyl (C=O) groups excluding carboxylic acids is 7. The molecular weight excluding hydrogens is 1170 g/mol. The third-order valence-corrected chi connectivity index (χ3v) is 12.3. The first-order valence-corrected chi connectivity index (χ1v) is 27.9. The third-order valence-electron chi connectivity index (χ3n) is 12.3. The molecule has 25 heteroatoms. The summed E-state index contributed by atoms with van der Waals surface area (Å²) in [6.45, 7) is 4.65. The number of ether oxygens (including phenoxy) is 7. The Labute approximate surface area is 538 Å². The van der Waals surface area contributed by atoms with Crippen molar-refractivity contribution in [2.75, 3.05) is 67.1 Å². The monoisotopic (exact) mass is 1270 g/mol. The average molecular weight is 1270 g/mol. The molecule has 0 aromatic heterocycles. The van der Waals surface area contributed by atoms with Crippen LogP contribution in [0.25, 0.3) is 0 Å². The molecule has 0 heterocycles. The lowest BCUT2D eigenvalue weighted by molar-refractivity contribution is -0.368. The number of benzene rings is 4. The van der Waals surface area contributed by atoms with Crippen molar-refractivity contribution in [1.82, 2.24) is 20.3 Å². The van der Waals surface area contributed by atoms with Crippen molar-refractivity contribution in [3.05, 3.63) is 144 Å². The fourth-order valence-corrected chi connectivity index (χ4v) is 7.88. The summed E-state index contributed by atoms with van der Waals surface area (Å²) >= 11 is 0. The summed E-state index contributed by atoms with van der Waals surface area (Å²) in [6, 6.07) is 34.9. The van der Waals surface area contributed by atoms with Gasteiger partial charge in [0.1, 0.15) is 44.6 Å². The number of nitrogens with zero attached hydrogens (tertiary/aromatic N) is 2. The molecule has 0 radical (unpaired) electrons. The van der Waals surface area contributed by atoms with Gasteiger partial charge < -0.3 is 77.5 Å². The van der Waals surface area contributed by atoms with Crippen LogP contribution in [0.1, 0.15) is 117 Å². The Morgan fingerprint density at radius 3 is 0.955 bits per heavy atom. The highest BCUT2D eigenvalue weighted by atomic mass is 35.5. The molecule has 0 aliphatic rings. The molecule has 22 nitrogen and oxygen atoms in total. The van der Waals surface area contributed by atoms with Gasteiger partial charge in [-0.05, 0) is 93.9 Å². The highest BCUT2D eigenvalue weighted by Crippen LogP contribution is 2.15. The molecule has 4 aromatic rings. The summed E-state index contributed by atoms with van der Waals surface area (Å²) in [4.78, 5) is 89.3. The molecular formula is C64H107B2ClN6O16. The lowest BCUT2D eigenvalue weighted by atomic mass is 9.89. The highest BCUT2D eigenvalue weighted by Gasteiger charge is 2.32. The van der Waals surface area contributed by atoms with Gasteiger partial charge in [0.25, 0.3) is 0 Å². The Hall–Kier alpha value is -6.73. The smallest absolute Gasteiger partial charge is 0.373 e. The number of nitrogens with one attached hydrogen (secondary N) is 2. The maximum Gasteiger partial charge on any atom is 0.373 e. The van der Waals surface area contributed by atoms with Crippen molar-refractivity contribution in [1.29, 1.82) is 0 Å². The van der Waals surface area contributed by atoms with Crippen LogP contribution in [-0.4, -0.2) is 161 Å². The Kier molecular flexibility index (Phi) is 57.8. The van der Waals surface area contributed by atoms with E-state index in [4.69, 9.17) is 39.2 Å². The minimum atomic E-state index is -0.838. The van der Waals surface area contributed by atoms with Gasteiger partial charge >= 0.3 is 55.9 Å². The molecule has 3 atom stereocenters. The number of methoxy groups -OCH3 is 3. The summed E-state index contributed by atoms with van der Waals surface area (Å²) in [5, 5.41) is 24.0. The van der Waals surface area contributed by atoms with E-state index in [1.807, 2.05) is 121 Å². The maximum atomic E-state index is 12.6. The van der Waals surface area contributed by atoms with Crippen molar-refractivity contribution in [3.63, 3.8) is 0 Å². The van der Waals surface area contributed by atoms with Crippen LogP contribution in [0, 0.1) is 0 Å². The van der Waals surface area contributed by atoms with Crippen molar-refractivity contribution in [2.24, 2.45) is 5.73 Å². The zero-order valence-corrected chi connectivity index (χ0v) is 50.0. The van der Waals surface area contributed by atoms with Gasteiger partial charge in [0.2, 0.25) is 0 Å². The second-order valence-electron chi connectivity index (χ2n) is 19.2. The predicted octanol–water partition coefficient (Wildman–Crippen LogP) is 3.46. The van der Waals surface area contributed by atoms with Crippen LogP contribution in [0.3, 0.4) is 0 Å². The van der Waals surface area contributed by atoms with Crippen LogP contribution < -0.4 is 34.3 Å². The maximum absolute atomic E-state index is 12.6. The molecule has 0 saturated heterocycles. The Balaban J connectivity index is -0.000000414. The predicted molar refractivity (Wildman–Crippen MR) is 346 cm³/mol. The van der Waals surface area contributed by atoms with E-state index in [2.05, 4.69) is 20.9 Å². The summed E-state index contributed by atoms with van der Waals surface area (Å²) < 4.78 is 35.9. The molecule has 4 aromatic carbocycles. The van der Waals surface area contributed by atoms with Crippen molar-refractivity contribution in [3.8, 4) is 0 Å². The Morgan fingerprint density at radius 1 is 0.449 bits per heavy atom. The normalized spacial score (nSPS) is 10.9. The topological polar surface area (TPSA) is 309 Å². The minimum absolute atomic E-state index is 0. The van der Waals surface area contributed by atoms with E-state index >= 15 is 0 Å². The van der Waals surface area contributed by atoms with Gasteiger partial charge in [0.05, 0.1) is 54.1 Å². The van der Waals surface area contributed by atoms with Crippen LogP contribution in [0.2, 0.25) is 13.6 Å². The van der Waals surface area contributed by atoms with Crippen molar-refractivity contribution < 1.29 is 94.9 Å². The summed E-state index contributed by atoms with van der Waals surface area (Å²) in [7, 11) is 2.78. The summed E-state index contributed by atoms with van der Waals surface area (Å²) in [5.74, 6) is -3.65. The summed E-state index contributed by atoms with van der Waals surface area (Å²) in [6.07, 6.45) is 5.94. The van der Waals surface area contributed by atoms with Gasteiger partial charge in [-0.2, -0.15) is 0 Å². The molecule has 0 fully saturated rings. The number of rotatable bonds is 37. The van der Waals surface area contributed by atoms with E-state index in [0.717, 1.165) is 54.6 Å². The molecule has 9 N–H and O–H groups in total. The number of unbranched alkanes of at least 4 members (excludes halogenated alkanes) is 3. The first-order chi connectivity index (χ1) is 40.0. The zero-order valence-electron chi connectivity index (χ0n) is 49.2. The van der Waals surface area contributed by atoms with Gasteiger partial charge in [0, 0.05) is 0 Å². The van der Waals surface area contributed by atoms with Crippen LogP contribution >= 0.6 is 0 Å². The lowest BCUT2D eigenvalue weighted by Gasteiger charge is -2.28. The fourth-order valence-electron chi connectivity index (χ4n) is 7.88. The second-order valence-corrected chi connectivity index (χ2v) is 19.2. The van der Waals surface area contributed by atoms with Crippen LogP contribution in [-0.2, 0) is 93.1 Å². The zero-order chi connectivity index (χ0) is 61.0. The van der Waals surface area contributed by atoms with Gasteiger partial charge in [-0.15, -0.1) is 0 Å². The highest BCUT2D eigenvalue weighted by molar-refractivity contribution is 6.45. The first kappa shape index (κ1) is 91.0. The van der Waals surface area contributed by atoms with E-state index in [1.165, 1.54) is 31.1 Å². The van der Waals surface area contributed by atoms with E-state index in [9.17, 15) is 38.6 Å². The minimum Gasteiger partial charge on any atom is -1.00 e. The number of carbonyl (C=O) groups is 7. The van der Waals surface area contributed by atoms with E-state index < -0.39 is 68.0 Å². The molecule has 0 unspecified atom stereocenters. The molecule has 4 rings (SSSR count). The molecule has 0 bridgehead atoms. The first-order valence-electron chi connectivity index (χ1n) is 27.9. The molecule has 0 aliphatic heterocycles. The fraction of sp³-hybridized carbons (Fsp3) is 0.516. The summed E-state index contributed by atoms with van der Waals surface area (Å²) in [5.41, 5.74) is 12.7.